The Balaban J connectivity index is 1.53. The highest BCUT2D eigenvalue weighted by Gasteiger charge is 2.36. The summed E-state index contributed by atoms with van der Waals surface area (Å²) in [6.07, 6.45) is 5.72. The molecule has 1 amide bonds. The van der Waals surface area contributed by atoms with E-state index in [9.17, 15) is 4.79 Å². The lowest BCUT2D eigenvalue weighted by Crippen LogP contribution is -2.54. The Morgan fingerprint density at radius 2 is 2.00 bits per heavy atom. The summed E-state index contributed by atoms with van der Waals surface area (Å²) in [5, 5.41) is 3.02. The van der Waals surface area contributed by atoms with Crippen LogP contribution in [0.4, 0.5) is 5.95 Å². The second-order valence-electron chi connectivity index (χ2n) is 4.59. The standard InChI is InChI=1S/C11H13BrN4O/c12-8-3-13-11(14-4-8)16-5-7(6-16)10(17)15-9-1-2-9/h3-4,7,9H,1-2,5-6H2,(H,15,17). The summed E-state index contributed by atoms with van der Waals surface area (Å²) in [5.41, 5.74) is 0. The predicted molar refractivity (Wildman–Crippen MR) is 66.6 cm³/mol. The Labute approximate surface area is 108 Å². The molecule has 0 spiro atoms. The molecule has 1 aliphatic carbocycles. The van der Waals surface area contributed by atoms with E-state index in [0.717, 1.165) is 30.4 Å². The zero-order valence-electron chi connectivity index (χ0n) is 9.27. The van der Waals surface area contributed by atoms with Crippen LogP contribution in [0.5, 0.6) is 0 Å². The van der Waals surface area contributed by atoms with Gasteiger partial charge in [0.05, 0.1) is 10.4 Å². The van der Waals surface area contributed by atoms with Crippen molar-refractivity contribution in [2.75, 3.05) is 18.0 Å². The lowest BCUT2D eigenvalue weighted by Gasteiger charge is -2.38. The topological polar surface area (TPSA) is 58.1 Å². The molecule has 1 N–H and O–H groups in total. The molecule has 5 nitrogen and oxygen atoms in total. The van der Waals surface area contributed by atoms with Gasteiger partial charge in [0.1, 0.15) is 0 Å². The highest BCUT2D eigenvalue weighted by Crippen LogP contribution is 2.24. The smallest absolute Gasteiger partial charge is 0.226 e. The first-order valence-electron chi connectivity index (χ1n) is 5.75. The van der Waals surface area contributed by atoms with Gasteiger partial charge in [0.25, 0.3) is 0 Å². The van der Waals surface area contributed by atoms with E-state index in [1.807, 2.05) is 4.90 Å². The number of carbonyl (C=O) groups is 1. The van der Waals surface area contributed by atoms with Crippen LogP contribution >= 0.6 is 15.9 Å². The number of rotatable bonds is 3. The van der Waals surface area contributed by atoms with Gasteiger partial charge in [-0.2, -0.15) is 0 Å². The molecule has 1 aromatic rings. The monoisotopic (exact) mass is 296 g/mol. The molecule has 0 atom stereocenters. The van der Waals surface area contributed by atoms with Crippen LogP contribution in [-0.4, -0.2) is 35.0 Å². The minimum absolute atomic E-state index is 0.0999. The number of nitrogens with zero attached hydrogens (tertiary/aromatic N) is 3. The van der Waals surface area contributed by atoms with Gasteiger partial charge in [0.2, 0.25) is 11.9 Å². The molecule has 90 valence electrons. The Kier molecular flexibility index (Phi) is 2.74. The fraction of sp³-hybridized carbons (Fsp3) is 0.545. The Morgan fingerprint density at radius 3 is 2.59 bits per heavy atom. The fourth-order valence-corrected chi connectivity index (χ4v) is 2.03. The molecule has 2 heterocycles. The van der Waals surface area contributed by atoms with Gasteiger partial charge in [-0.05, 0) is 28.8 Å². The highest BCUT2D eigenvalue weighted by atomic mass is 79.9. The van der Waals surface area contributed by atoms with E-state index in [-0.39, 0.29) is 11.8 Å². The Morgan fingerprint density at radius 1 is 1.35 bits per heavy atom. The summed E-state index contributed by atoms with van der Waals surface area (Å²) < 4.78 is 0.866. The molecule has 1 saturated heterocycles. The van der Waals surface area contributed by atoms with Crippen LogP contribution < -0.4 is 10.2 Å². The molecule has 2 fully saturated rings. The van der Waals surface area contributed by atoms with Crippen molar-refractivity contribution in [2.24, 2.45) is 5.92 Å². The number of nitrogens with one attached hydrogen (secondary N) is 1. The second-order valence-corrected chi connectivity index (χ2v) is 5.50. The van der Waals surface area contributed by atoms with Crippen molar-refractivity contribution in [3.05, 3.63) is 16.9 Å². The number of carbonyl (C=O) groups excluding carboxylic acids is 1. The SMILES string of the molecule is O=C(NC1CC1)C1CN(c2ncc(Br)cn2)C1. The highest BCUT2D eigenvalue weighted by molar-refractivity contribution is 9.10. The minimum atomic E-state index is 0.0999. The molecule has 17 heavy (non-hydrogen) atoms. The zero-order chi connectivity index (χ0) is 11.8. The molecule has 1 aromatic heterocycles. The van der Waals surface area contributed by atoms with E-state index >= 15 is 0 Å². The normalized spacial score (nSPS) is 19.9. The largest absolute Gasteiger partial charge is 0.353 e. The van der Waals surface area contributed by atoms with E-state index < -0.39 is 0 Å². The second kappa shape index (κ2) is 4.25. The number of hydrogen-bond acceptors (Lipinski definition) is 4. The van der Waals surface area contributed by atoms with Crippen LogP contribution in [0.3, 0.4) is 0 Å². The van der Waals surface area contributed by atoms with Crippen molar-refractivity contribution in [1.82, 2.24) is 15.3 Å². The van der Waals surface area contributed by atoms with Crippen molar-refractivity contribution in [3.63, 3.8) is 0 Å². The molecule has 1 aliphatic heterocycles. The van der Waals surface area contributed by atoms with Gasteiger partial charge in [-0.25, -0.2) is 9.97 Å². The number of aromatic nitrogens is 2. The number of anilines is 1. The number of hydrogen-bond donors (Lipinski definition) is 1. The van der Waals surface area contributed by atoms with E-state index in [4.69, 9.17) is 0 Å². The number of amides is 1. The molecular weight excluding hydrogens is 284 g/mol. The predicted octanol–water partition coefficient (Wildman–Crippen LogP) is 0.954. The lowest BCUT2D eigenvalue weighted by atomic mass is 10.00. The minimum Gasteiger partial charge on any atom is -0.353 e. The Bertz CT molecular complexity index is 426. The summed E-state index contributed by atoms with van der Waals surface area (Å²) in [5.74, 6) is 0.979. The Hall–Kier alpha value is -1.17. The van der Waals surface area contributed by atoms with Crippen LogP contribution in [0.2, 0.25) is 0 Å². The first kappa shape index (κ1) is 11.0. The average molecular weight is 297 g/mol. The lowest BCUT2D eigenvalue weighted by molar-refractivity contribution is -0.125. The molecule has 3 rings (SSSR count). The van der Waals surface area contributed by atoms with Crippen molar-refractivity contribution in [2.45, 2.75) is 18.9 Å². The maximum atomic E-state index is 11.7. The van der Waals surface area contributed by atoms with Crippen molar-refractivity contribution >= 4 is 27.8 Å². The van der Waals surface area contributed by atoms with Gasteiger partial charge in [-0.1, -0.05) is 0 Å². The summed E-state index contributed by atoms with van der Waals surface area (Å²) in [7, 11) is 0. The molecule has 6 heteroatoms. The third-order valence-corrected chi connectivity index (χ3v) is 3.48. The van der Waals surface area contributed by atoms with Gasteiger partial charge in [-0.3, -0.25) is 4.79 Å². The van der Waals surface area contributed by atoms with Crippen molar-refractivity contribution in [3.8, 4) is 0 Å². The molecular formula is C11H13BrN4O. The zero-order valence-corrected chi connectivity index (χ0v) is 10.9. The molecule has 0 radical (unpaired) electrons. The van der Waals surface area contributed by atoms with Gasteiger partial charge in [0.15, 0.2) is 0 Å². The summed E-state index contributed by atoms with van der Waals surface area (Å²) in [6, 6.07) is 0.445. The third-order valence-electron chi connectivity index (χ3n) is 3.07. The van der Waals surface area contributed by atoms with Crippen LogP contribution in [0.1, 0.15) is 12.8 Å². The summed E-state index contributed by atoms with van der Waals surface area (Å²) >= 11 is 3.30. The van der Waals surface area contributed by atoms with E-state index in [2.05, 4.69) is 31.2 Å². The van der Waals surface area contributed by atoms with Gasteiger partial charge >= 0.3 is 0 Å². The first-order valence-corrected chi connectivity index (χ1v) is 6.54. The first-order chi connectivity index (χ1) is 8.22. The molecule has 2 aliphatic rings. The van der Waals surface area contributed by atoms with E-state index in [1.54, 1.807) is 12.4 Å². The molecule has 0 aromatic carbocycles. The van der Waals surface area contributed by atoms with E-state index in [0.29, 0.717) is 12.0 Å². The van der Waals surface area contributed by atoms with Crippen LogP contribution in [0.25, 0.3) is 0 Å². The van der Waals surface area contributed by atoms with E-state index in [1.165, 1.54) is 0 Å². The maximum absolute atomic E-state index is 11.7. The average Bonchev–Trinajstić information content (AvgIpc) is 3.02. The summed E-state index contributed by atoms with van der Waals surface area (Å²) in [4.78, 5) is 22.1. The van der Waals surface area contributed by atoms with Crippen molar-refractivity contribution < 1.29 is 4.79 Å². The third kappa shape index (κ3) is 2.41. The van der Waals surface area contributed by atoms with Crippen LogP contribution in [0.15, 0.2) is 16.9 Å². The van der Waals surface area contributed by atoms with Gasteiger partial charge in [0, 0.05) is 31.5 Å². The van der Waals surface area contributed by atoms with Crippen LogP contribution in [-0.2, 0) is 4.79 Å². The van der Waals surface area contributed by atoms with Crippen molar-refractivity contribution in [1.29, 1.82) is 0 Å². The quantitative estimate of drug-likeness (QED) is 0.902. The molecule has 0 unspecified atom stereocenters. The molecule has 1 saturated carbocycles. The van der Waals surface area contributed by atoms with Gasteiger partial charge in [-0.15, -0.1) is 0 Å². The summed E-state index contributed by atoms with van der Waals surface area (Å²) in [6.45, 7) is 1.44. The maximum Gasteiger partial charge on any atom is 0.226 e. The van der Waals surface area contributed by atoms with Crippen LogP contribution in [0, 0.1) is 5.92 Å². The fourth-order valence-electron chi connectivity index (χ4n) is 1.82. The molecule has 0 bridgehead atoms. The van der Waals surface area contributed by atoms with Gasteiger partial charge < -0.3 is 10.2 Å². The number of halogens is 1.